The molecule has 1 N–H and O–H groups in total. The minimum absolute atomic E-state index is 0.618. The summed E-state index contributed by atoms with van der Waals surface area (Å²) in [6.45, 7) is 2.31. The molecule has 0 atom stereocenters. The van der Waals surface area contributed by atoms with E-state index in [1.165, 1.54) is 32.1 Å². The van der Waals surface area contributed by atoms with E-state index in [4.69, 9.17) is 0 Å². The molecule has 112 valence electrons. The number of nitrogens with zero attached hydrogens (tertiary/aromatic N) is 3. The first-order valence-electron chi connectivity index (χ1n) is 7.51. The molecule has 1 heterocycles. The third-order valence-electron chi connectivity index (χ3n) is 4.43. The van der Waals surface area contributed by atoms with Gasteiger partial charge in [-0.25, -0.2) is 9.97 Å². The number of hydrogen-bond acceptors (Lipinski definition) is 5. The standard InChI is InChI=1S/C15H26N4S/c1-5-11-6-8-12(9-7-11)19(3)14-10-13(16-2)17-15(18-14)20-4/h10-12H,5-9H2,1-4H3,(H,16,17,18). The number of nitrogens with one attached hydrogen (secondary N) is 1. The van der Waals surface area contributed by atoms with Crippen molar-refractivity contribution in [1.82, 2.24) is 9.97 Å². The summed E-state index contributed by atoms with van der Waals surface area (Å²) in [5.41, 5.74) is 0. The summed E-state index contributed by atoms with van der Waals surface area (Å²) in [6, 6.07) is 2.66. The Labute approximate surface area is 126 Å². The Morgan fingerprint density at radius 1 is 1.30 bits per heavy atom. The Morgan fingerprint density at radius 2 is 2.00 bits per heavy atom. The molecule has 1 saturated carbocycles. The Kier molecular flexibility index (Phi) is 5.52. The molecule has 1 aromatic rings. The summed E-state index contributed by atoms with van der Waals surface area (Å²) in [6.07, 6.45) is 8.61. The van der Waals surface area contributed by atoms with Gasteiger partial charge in [-0.3, -0.25) is 0 Å². The van der Waals surface area contributed by atoms with Crippen LogP contribution in [0.5, 0.6) is 0 Å². The highest BCUT2D eigenvalue weighted by Gasteiger charge is 2.24. The smallest absolute Gasteiger partial charge is 0.191 e. The predicted molar refractivity (Wildman–Crippen MR) is 87.8 cm³/mol. The largest absolute Gasteiger partial charge is 0.373 e. The fraction of sp³-hybridized carbons (Fsp3) is 0.733. The van der Waals surface area contributed by atoms with Crippen LogP contribution in [0.3, 0.4) is 0 Å². The van der Waals surface area contributed by atoms with Crippen LogP contribution in [0.4, 0.5) is 11.6 Å². The fourth-order valence-electron chi connectivity index (χ4n) is 2.94. The van der Waals surface area contributed by atoms with Gasteiger partial charge in [0.05, 0.1) is 0 Å². The molecule has 0 saturated heterocycles. The lowest BCUT2D eigenvalue weighted by atomic mass is 9.84. The van der Waals surface area contributed by atoms with Gasteiger partial charge >= 0.3 is 0 Å². The van der Waals surface area contributed by atoms with Crippen molar-refractivity contribution in [2.45, 2.75) is 50.2 Å². The molecule has 20 heavy (non-hydrogen) atoms. The summed E-state index contributed by atoms with van der Waals surface area (Å²) >= 11 is 1.59. The molecule has 4 nitrogen and oxygen atoms in total. The quantitative estimate of drug-likeness (QED) is 0.663. The highest BCUT2D eigenvalue weighted by atomic mass is 32.2. The molecule has 1 aromatic heterocycles. The fourth-order valence-corrected chi connectivity index (χ4v) is 3.31. The minimum Gasteiger partial charge on any atom is -0.373 e. The molecule has 5 heteroatoms. The van der Waals surface area contributed by atoms with Crippen LogP contribution in [-0.2, 0) is 0 Å². The normalized spacial score (nSPS) is 22.6. The summed E-state index contributed by atoms with van der Waals surface area (Å²) in [5, 5.41) is 3.96. The van der Waals surface area contributed by atoms with Crippen molar-refractivity contribution in [3.63, 3.8) is 0 Å². The lowest BCUT2D eigenvalue weighted by Gasteiger charge is -2.35. The zero-order valence-electron chi connectivity index (χ0n) is 13.0. The van der Waals surface area contributed by atoms with Gasteiger partial charge in [0.2, 0.25) is 0 Å². The van der Waals surface area contributed by atoms with Crippen LogP contribution in [0.2, 0.25) is 0 Å². The zero-order valence-corrected chi connectivity index (χ0v) is 13.8. The summed E-state index contributed by atoms with van der Waals surface area (Å²) in [5.74, 6) is 2.86. The van der Waals surface area contributed by atoms with Gasteiger partial charge in [-0.2, -0.15) is 0 Å². The highest BCUT2D eigenvalue weighted by molar-refractivity contribution is 7.98. The van der Waals surface area contributed by atoms with Gasteiger partial charge in [0.15, 0.2) is 5.16 Å². The SMILES string of the molecule is CCC1CCC(N(C)c2cc(NC)nc(SC)n2)CC1. The summed E-state index contributed by atoms with van der Waals surface area (Å²) < 4.78 is 0. The Balaban J connectivity index is 2.10. The van der Waals surface area contributed by atoms with Crippen LogP contribution < -0.4 is 10.2 Å². The van der Waals surface area contributed by atoms with Crippen molar-refractivity contribution in [2.75, 3.05) is 30.6 Å². The van der Waals surface area contributed by atoms with Crippen LogP contribution in [0, 0.1) is 5.92 Å². The minimum atomic E-state index is 0.618. The maximum atomic E-state index is 4.65. The molecule has 0 amide bonds. The molecular formula is C15H26N4S. The van der Waals surface area contributed by atoms with E-state index in [1.54, 1.807) is 11.8 Å². The Morgan fingerprint density at radius 3 is 2.55 bits per heavy atom. The molecule has 2 rings (SSSR count). The number of hydrogen-bond donors (Lipinski definition) is 1. The van der Waals surface area contributed by atoms with Crippen molar-refractivity contribution < 1.29 is 0 Å². The molecule has 0 radical (unpaired) electrons. The van der Waals surface area contributed by atoms with E-state index in [0.717, 1.165) is 22.7 Å². The second kappa shape index (κ2) is 7.16. The summed E-state index contributed by atoms with van der Waals surface area (Å²) in [7, 11) is 4.07. The van der Waals surface area contributed by atoms with Gasteiger partial charge in [0, 0.05) is 26.2 Å². The van der Waals surface area contributed by atoms with Crippen molar-refractivity contribution in [3.05, 3.63) is 6.07 Å². The van der Waals surface area contributed by atoms with Crippen molar-refractivity contribution in [3.8, 4) is 0 Å². The number of anilines is 2. The monoisotopic (exact) mass is 294 g/mol. The molecule has 1 aliphatic rings. The van der Waals surface area contributed by atoms with Crippen LogP contribution >= 0.6 is 11.8 Å². The van der Waals surface area contributed by atoms with E-state index in [0.29, 0.717) is 6.04 Å². The molecule has 0 aromatic carbocycles. The second-order valence-corrected chi connectivity index (χ2v) is 6.32. The third kappa shape index (κ3) is 3.57. The molecular weight excluding hydrogens is 268 g/mol. The number of rotatable bonds is 5. The lowest BCUT2D eigenvalue weighted by Crippen LogP contribution is -2.35. The topological polar surface area (TPSA) is 41.0 Å². The molecule has 1 fully saturated rings. The van der Waals surface area contributed by atoms with Crippen LogP contribution in [-0.4, -0.2) is 36.4 Å². The van der Waals surface area contributed by atoms with Gasteiger partial charge in [0.1, 0.15) is 11.6 Å². The van der Waals surface area contributed by atoms with E-state index >= 15 is 0 Å². The highest BCUT2D eigenvalue weighted by Crippen LogP contribution is 2.31. The van der Waals surface area contributed by atoms with Crippen LogP contribution in [0.1, 0.15) is 39.0 Å². The third-order valence-corrected chi connectivity index (χ3v) is 4.98. The van der Waals surface area contributed by atoms with Crippen LogP contribution in [0.15, 0.2) is 11.2 Å². The zero-order chi connectivity index (χ0) is 14.5. The number of thioether (sulfide) groups is 1. The predicted octanol–water partition coefficient (Wildman–Crippen LogP) is 3.65. The van der Waals surface area contributed by atoms with Crippen LogP contribution in [0.25, 0.3) is 0 Å². The van der Waals surface area contributed by atoms with Crippen molar-refractivity contribution in [2.24, 2.45) is 5.92 Å². The molecule has 0 bridgehead atoms. The molecule has 0 unspecified atom stereocenters. The van der Waals surface area contributed by atoms with Gasteiger partial charge in [-0.1, -0.05) is 25.1 Å². The lowest BCUT2D eigenvalue weighted by molar-refractivity contribution is 0.312. The Hall–Kier alpha value is -0.970. The van der Waals surface area contributed by atoms with E-state index in [9.17, 15) is 0 Å². The average molecular weight is 294 g/mol. The number of aromatic nitrogens is 2. The van der Waals surface area contributed by atoms with Crippen molar-refractivity contribution in [1.29, 1.82) is 0 Å². The second-order valence-electron chi connectivity index (χ2n) is 5.54. The van der Waals surface area contributed by atoms with E-state index in [1.807, 2.05) is 19.4 Å². The molecule has 0 spiro atoms. The van der Waals surface area contributed by atoms with E-state index < -0.39 is 0 Å². The maximum Gasteiger partial charge on any atom is 0.191 e. The van der Waals surface area contributed by atoms with E-state index in [-0.39, 0.29) is 0 Å². The maximum absolute atomic E-state index is 4.65. The molecule has 1 aliphatic carbocycles. The first-order valence-corrected chi connectivity index (χ1v) is 8.74. The first kappa shape index (κ1) is 15.4. The van der Waals surface area contributed by atoms with Gasteiger partial charge in [0.25, 0.3) is 0 Å². The summed E-state index contributed by atoms with van der Waals surface area (Å²) in [4.78, 5) is 11.4. The molecule has 0 aliphatic heterocycles. The van der Waals surface area contributed by atoms with Gasteiger partial charge < -0.3 is 10.2 Å². The average Bonchev–Trinajstić information content (AvgIpc) is 2.53. The van der Waals surface area contributed by atoms with Crippen molar-refractivity contribution >= 4 is 23.4 Å². The van der Waals surface area contributed by atoms with Gasteiger partial charge in [-0.15, -0.1) is 0 Å². The van der Waals surface area contributed by atoms with E-state index in [2.05, 4.69) is 34.2 Å². The Bertz CT molecular complexity index is 408. The first-order chi connectivity index (χ1) is 9.67. The van der Waals surface area contributed by atoms with Gasteiger partial charge in [-0.05, 0) is 37.9 Å².